The van der Waals surface area contributed by atoms with Crippen molar-refractivity contribution in [1.29, 1.82) is 0 Å². The number of rotatable bonds is 4. The highest BCUT2D eigenvalue weighted by Crippen LogP contribution is 2.11. The van der Waals surface area contributed by atoms with E-state index in [0.717, 1.165) is 17.7 Å². The van der Waals surface area contributed by atoms with Crippen LogP contribution in [0.2, 0.25) is 0 Å². The van der Waals surface area contributed by atoms with Gasteiger partial charge in [-0.3, -0.25) is 9.63 Å². The van der Waals surface area contributed by atoms with Gasteiger partial charge < -0.3 is 0 Å². The summed E-state index contributed by atoms with van der Waals surface area (Å²) in [6.07, 6.45) is 0. The molecule has 0 spiro atoms. The van der Waals surface area contributed by atoms with Gasteiger partial charge in [0.2, 0.25) is 0 Å². The highest BCUT2D eigenvalue weighted by Gasteiger charge is 2.16. The summed E-state index contributed by atoms with van der Waals surface area (Å²) >= 11 is 0. The first-order valence-electron chi connectivity index (χ1n) is 5.58. The number of amides is 1. The molecule has 0 bridgehead atoms. The van der Waals surface area contributed by atoms with E-state index in [4.69, 9.17) is 4.84 Å². The van der Waals surface area contributed by atoms with Crippen molar-refractivity contribution in [2.45, 2.75) is 6.61 Å². The summed E-state index contributed by atoms with van der Waals surface area (Å²) in [5.74, 6) is -2.81. The number of hydroxylamine groups is 1. The fourth-order valence-electron chi connectivity index (χ4n) is 1.52. The lowest BCUT2D eigenvalue weighted by atomic mass is 10.2. The molecule has 3 nitrogen and oxygen atoms in total. The fraction of sp³-hybridized carbons (Fsp3) is 0.0714. The maximum atomic E-state index is 13.3. The Labute approximate surface area is 108 Å². The number of benzene rings is 2. The zero-order chi connectivity index (χ0) is 13.7. The van der Waals surface area contributed by atoms with Crippen LogP contribution < -0.4 is 5.48 Å². The van der Waals surface area contributed by atoms with Crippen molar-refractivity contribution in [2.24, 2.45) is 0 Å². The van der Waals surface area contributed by atoms with Gasteiger partial charge in [0.1, 0.15) is 17.2 Å². The molecule has 0 saturated heterocycles. The number of carbonyl (C=O) groups excluding carboxylic acids is 1. The second-order valence-corrected chi connectivity index (χ2v) is 3.80. The van der Waals surface area contributed by atoms with Crippen molar-refractivity contribution >= 4 is 5.91 Å². The third-order valence-corrected chi connectivity index (χ3v) is 2.44. The SMILES string of the molecule is O=C(NOCc1ccccc1)c1c(F)cccc1F. The Morgan fingerprint density at radius 1 is 1.00 bits per heavy atom. The van der Waals surface area contributed by atoms with Crippen LogP contribution in [0.5, 0.6) is 0 Å². The Morgan fingerprint density at radius 2 is 1.63 bits per heavy atom. The van der Waals surface area contributed by atoms with E-state index in [0.29, 0.717) is 0 Å². The largest absolute Gasteiger partial charge is 0.280 e. The van der Waals surface area contributed by atoms with Gasteiger partial charge in [-0.15, -0.1) is 0 Å². The second kappa shape index (κ2) is 6.06. The molecule has 2 aromatic rings. The Balaban J connectivity index is 1.95. The van der Waals surface area contributed by atoms with E-state index < -0.39 is 23.1 Å². The molecule has 19 heavy (non-hydrogen) atoms. The van der Waals surface area contributed by atoms with Crippen LogP contribution in [0.25, 0.3) is 0 Å². The second-order valence-electron chi connectivity index (χ2n) is 3.80. The van der Waals surface area contributed by atoms with E-state index in [-0.39, 0.29) is 6.61 Å². The molecule has 2 rings (SSSR count). The minimum Gasteiger partial charge on any atom is -0.269 e. The summed E-state index contributed by atoms with van der Waals surface area (Å²) in [5.41, 5.74) is 2.18. The van der Waals surface area contributed by atoms with Gasteiger partial charge in [0.25, 0.3) is 5.91 Å². The van der Waals surface area contributed by atoms with Crippen LogP contribution in [0.15, 0.2) is 48.5 Å². The van der Waals surface area contributed by atoms with E-state index in [1.165, 1.54) is 6.07 Å². The summed E-state index contributed by atoms with van der Waals surface area (Å²) in [5, 5.41) is 0. The van der Waals surface area contributed by atoms with Gasteiger partial charge in [-0.2, -0.15) is 0 Å². The van der Waals surface area contributed by atoms with Gasteiger partial charge >= 0.3 is 0 Å². The average Bonchev–Trinajstić information content (AvgIpc) is 2.40. The molecule has 0 atom stereocenters. The third kappa shape index (κ3) is 3.35. The van der Waals surface area contributed by atoms with E-state index >= 15 is 0 Å². The molecule has 98 valence electrons. The standard InChI is InChI=1S/C14H11F2NO2/c15-11-7-4-8-12(16)13(11)14(18)17-19-9-10-5-2-1-3-6-10/h1-8H,9H2,(H,17,18). The van der Waals surface area contributed by atoms with Gasteiger partial charge in [0.15, 0.2) is 0 Å². The molecule has 0 aliphatic rings. The molecule has 0 aliphatic heterocycles. The first kappa shape index (κ1) is 13.2. The maximum Gasteiger partial charge on any atom is 0.280 e. The predicted molar refractivity (Wildman–Crippen MR) is 65.1 cm³/mol. The first-order chi connectivity index (χ1) is 9.18. The van der Waals surface area contributed by atoms with Crippen LogP contribution in [-0.2, 0) is 11.4 Å². The average molecular weight is 263 g/mol. The highest BCUT2D eigenvalue weighted by molar-refractivity contribution is 5.93. The summed E-state index contributed by atoms with van der Waals surface area (Å²) in [6, 6.07) is 12.3. The van der Waals surface area contributed by atoms with E-state index in [9.17, 15) is 13.6 Å². The molecular weight excluding hydrogens is 252 g/mol. The number of hydrogen-bond acceptors (Lipinski definition) is 2. The predicted octanol–water partition coefficient (Wildman–Crippen LogP) is 2.83. The topological polar surface area (TPSA) is 38.3 Å². The maximum absolute atomic E-state index is 13.3. The normalized spacial score (nSPS) is 10.2. The minimum atomic E-state index is -0.952. The molecule has 0 radical (unpaired) electrons. The number of halogens is 2. The van der Waals surface area contributed by atoms with Crippen molar-refractivity contribution in [3.05, 3.63) is 71.3 Å². The molecule has 0 fully saturated rings. The zero-order valence-electron chi connectivity index (χ0n) is 9.90. The number of hydrogen-bond donors (Lipinski definition) is 1. The third-order valence-electron chi connectivity index (χ3n) is 2.44. The lowest BCUT2D eigenvalue weighted by Gasteiger charge is -2.07. The monoisotopic (exact) mass is 263 g/mol. The molecule has 0 heterocycles. The van der Waals surface area contributed by atoms with Gasteiger partial charge in [0.05, 0.1) is 6.61 Å². The van der Waals surface area contributed by atoms with Crippen LogP contribution in [0.1, 0.15) is 15.9 Å². The van der Waals surface area contributed by atoms with Gasteiger partial charge in [-0.05, 0) is 17.7 Å². The molecule has 0 aromatic heterocycles. The smallest absolute Gasteiger partial charge is 0.269 e. The van der Waals surface area contributed by atoms with Crippen molar-refractivity contribution in [1.82, 2.24) is 5.48 Å². The van der Waals surface area contributed by atoms with Crippen LogP contribution in [0.3, 0.4) is 0 Å². The Bertz CT molecular complexity index is 553. The molecule has 0 saturated carbocycles. The summed E-state index contributed by atoms with van der Waals surface area (Å²) in [7, 11) is 0. The summed E-state index contributed by atoms with van der Waals surface area (Å²) in [6.45, 7) is 0.114. The molecule has 0 aliphatic carbocycles. The van der Waals surface area contributed by atoms with E-state index in [2.05, 4.69) is 0 Å². The van der Waals surface area contributed by atoms with Gasteiger partial charge in [-0.1, -0.05) is 36.4 Å². The Morgan fingerprint density at radius 3 is 2.26 bits per heavy atom. The molecule has 5 heteroatoms. The zero-order valence-corrected chi connectivity index (χ0v) is 9.90. The number of carbonyl (C=O) groups is 1. The molecule has 2 aromatic carbocycles. The number of nitrogens with one attached hydrogen (secondary N) is 1. The van der Waals surface area contributed by atoms with E-state index in [1.807, 2.05) is 23.7 Å². The Hall–Kier alpha value is -2.27. The quantitative estimate of drug-likeness (QED) is 0.861. The molecule has 1 N–H and O–H groups in total. The van der Waals surface area contributed by atoms with Crippen LogP contribution in [0, 0.1) is 11.6 Å². The molecular formula is C14H11F2NO2. The highest BCUT2D eigenvalue weighted by atomic mass is 19.1. The summed E-state index contributed by atoms with van der Waals surface area (Å²) in [4.78, 5) is 16.5. The van der Waals surface area contributed by atoms with E-state index in [1.54, 1.807) is 12.1 Å². The van der Waals surface area contributed by atoms with Crippen molar-refractivity contribution < 1.29 is 18.4 Å². The van der Waals surface area contributed by atoms with Crippen molar-refractivity contribution in [3.63, 3.8) is 0 Å². The van der Waals surface area contributed by atoms with Crippen LogP contribution >= 0.6 is 0 Å². The summed E-state index contributed by atoms with van der Waals surface area (Å²) < 4.78 is 26.6. The lowest BCUT2D eigenvalue weighted by molar-refractivity contribution is 0.0227. The van der Waals surface area contributed by atoms with Gasteiger partial charge in [-0.25, -0.2) is 14.3 Å². The lowest BCUT2D eigenvalue weighted by Crippen LogP contribution is -2.25. The Kier molecular flexibility index (Phi) is 4.20. The minimum absolute atomic E-state index is 0.114. The van der Waals surface area contributed by atoms with Crippen molar-refractivity contribution in [2.75, 3.05) is 0 Å². The van der Waals surface area contributed by atoms with Gasteiger partial charge in [0, 0.05) is 0 Å². The fourth-order valence-corrected chi connectivity index (χ4v) is 1.52. The first-order valence-corrected chi connectivity index (χ1v) is 5.58. The van der Waals surface area contributed by atoms with Crippen LogP contribution in [0.4, 0.5) is 8.78 Å². The molecule has 0 unspecified atom stereocenters. The van der Waals surface area contributed by atoms with Crippen molar-refractivity contribution in [3.8, 4) is 0 Å². The van der Waals surface area contributed by atoms with Crippen LogP contribution in [-0.4, -0.2) is 5.91 Å². The molecule has 1 amide bonds.